The van der Waals surface area contributed by atoms with Crippen LogP contribution in [0.4, 0.5) is 11.6 Å². The van der Waals surface area contributed by atoms with Crippen LogP contribution in [0.1, 0.15) is 28.4 Å². The molecule has 0 radical (unpaired) electrons. The maximum atomic E-state index is 12.2. The second-order valence-electron chi connectivity index (χ2n) is 5.51. The lowest BCUT2D eigenvalue weighted by Gasteiger charge is -2.07. The second kappa shape index (κ2) is 8.01. The van der Waals surface area contributed by atoms with Crippen LogP contribution in [0.25, 0.3) is 0 Å². The minimum atomic E-state index is -0.233. The van der Waals surface area contributed by atoms with Gasteiger partial charge in [0.2, 0.25) is 5.95 Å². The molecule has 0 aliphatic heterocycles. The summed E-state index contributed by atoms with van der Waals surface area (Å²) in [5.41, 5.74) is 3.42. The van der Waals surface area contributed by atoms with Crippen LogP contribution in [0.5, 0.6) is 0 Å². The lowest BCUT2D eigenvalue weighted by Crippen LogP contribution is -2.13. The lowest BCUT2D eigenvalue weighted by atomic mass is 10.1. The van der Waals surface area contributed by atoms with E-state index in [1.807, 2.05) is 36.4 Å². The van der Waals surface area contributed by atoms with Crippen molar-refractivity contribution in [3.05, 3.63) is 77.9 Å². The highest BCUT2D eigenvalue weighted by molar-refractivity contribution is 6.03. The maximum absolute atomic E-state index is 12.2. The van der Waals surface area contributed by atoms with E-state index in [2.05, 4.69) is 32.5 Å². The molecule has 0 aliphatic carbocycles. The summed E-state index contributed by atoms with van der Waals surface area (Å²) < 4.78 is 0. The third-order valence-electron chi connectivity index (χ3n) is 3.71. The number of benzene rings is 1. The topological polar surface area (TPSA) is 79.8 Å². The molecule has 0 saturated heterocycles. The number of hydrogen-bond donors (Lipinski definition) is 2. The first-order valence-electron chi connectivity index (χ1n) is 8.09. The van der Waals surface area contributed by atoms with E-state index in [-0.39, 0.29) is 5.91 Å². The SMILES string of the molecule is CCc1ccc(NC(=O)c2cnc(NCc3cccnc3)nc2)cc1. The number of anilines is 2. The van der Waals surface area contributed by atoms with Crippen LogP contribution in [0, 0.1) is 0 Å². The lowest BCUT2D eigenvalue weighted by molar-refractivity contribution is 0.102. The van der Waals surface area contributed by atoms with E-state index in [4.69, 9.17) is 0 Å². The summed E-state index contributed by atoms with van der Waals surface area (Å²) >= 11 is 0. The van der Waals surface area contributed by atoms with Gasteiger partial charge in [-0.3, -0.25) is 9.78 Å². The normalized spacial score (nSPS) is 10.3. The Morgan fingerprint density at radius 1 is 1.00 bits per heavy atom. The molecule has 2 aromatic heterocycles. The van der Waals surface area contributed by atoms with E-state index in [0.717, 1.165) is 17.7 Å². The third-order valence-corrected chi connectivity index (χ3v) is 3.71. The van der Waals surface area contributed by atoms with Crippen molar-refractivity contribution in [2.75, 3.05) is 10.6 Å². The zero-order valence-corrected chi connectivity index (χ0v) is 13.9. The Kier molecular flexibility index (Phi) is 5.31. The molecule has 6 heteroatoms. The van der Waals surface area contributed by atoms with E-state index in [1.165, 1.54) is 18.0 Å². The van der Waals surface area contributed by atoms with Gasteiger partial charge in [-0.25, -0.2) is 9.97 Å². The molecule has 0 spiro atoms. The first-order chi connectivity index (χ1) is 12.2. The highest BCUT2D eigenvalue weighted by Crippen LogP contribution is 2.12. The van der Waals surface area contributed by atoms with Gasteiger partial charge in [-0.05, 0) is 35.7 Å². The smallest absolute Gasteiger partial charge is 0.258 e. The molecule has 126 valence electrons. The summed E-state index contributed by atoms with van der Waals surface area (Å²) in [5.74, 6) is 0.232. The standard InChI is InChI=1S/C19H19N5O/c1-2-14-5-7-17(8-6-14)24-18(25)16-12-22-19(23-13-16)21-11-15-4-3-9-20-10-15/h3-10,12-13H,2,11H2,1H3,(H,24,25)(H,21,22,23). The van der Waals surface area contributed by atoms with Crippen LogP contribution in [0.15, 0.2) is 61.2 Å². The van der Waals surface area contributed by atoms with Gasteiger partial charge in [0, 0.05) is 37.0 Å². The summed E-state index contributed by atoms with van der Waals surface area (Å²) in [4.78, 5) is 24.7. The molecule has 0 bridgehead atoms. The van der Waals surface area contributed by atoms with E-state index in [1.54, 1.807) is 12.4 Å². The van der Waals surface area contributed by atoms with Crippen LogP contribution < -0.4 is 10.6 Å². The molecule has 1 aromatic carbocycles. The van der Waals surface area contributed by atoms with Gasteiger partial charge in [-0.2, -0.15) is 0 Å². The number of pyridine rings is 1. The van der Waals surface area contributed by atoms with Crippen molar-refractivity contribution in [3.8, 4) is 0 Å². The Morgan fingerprint density at radius 3 is 2.40 bits per heavy atom. The van der Waals surface area contributed by atoms with Crippen LogP contribution in [-0.4, -0.2) is 20.9 Å². The van der Waals surface area contributed by atoms with Gasteiger partial charge in [-0.1, -0.05) is 25.1 Å². The van der Waals surface area contributed by atoms with Crippen molar-refractivity contribution in [1.29, 1.82) is 0 Å². The Bertz CT molecular complexity index is 817. The monoisotopic (exact) mass is 333 g/mol. The highest BCUT2D eigenvalue weighted by Gasteiger charge is 2.08. The predicted molar refractivity (Wildman–Crippen MR) is 97.4 cm³/mol. The van der Waals surface area contributed by atoms with Gasteiger partial charge < -0.3 is 10.6 Å². The van der Waals surface area contributed by atoms with E-state index < -0.39 is 0 Å². The van der Waals surface area contributed by atoms with Gasteiger partial charge in [0.15, 0.2) is 0 Å². The zero-order chi connectivity index (χ0) is 17.5. The number of rotatable bonds is 6. The van der Waals surface area contributed by atoms with Crippen molar-refractivity contribution in [3.63, 3.8) is 0 Å². The van der Waals surface area contributed by atoms with Gasteiger partial charge in [-0.15, -0.1) is 0 Å². The molecule has 0 aliphatic rings. The summed E-state index contributed by atoms with van der Waals surface area (Å²) in [6.07, 6.45) is 7.49. The minimum absolute atomic E-state index is 0.233. The first kappa shape index (κ1) is 16.6. The van der Waals surface area contributed by atoms with Crippen molar-refractivity contribution < 1.29 is 4.79 Å². The summed E-state index contributed by atoms with van der Waals surface area (Å²) in [6.45, 7) is 2.66. The molecule has 6 nitrogen and oxygen atoms in total. The first-order valence-corrected chi connectivity index (χ1v) is 8.09. The zero-order valence-electron chi connectivity index (χ0n) is 13.9. The molecule has 0 saturated carbocycles. The molecule has 3 aromatic rings. The van der Waals surface area contributed by atoms with Crippen molar-refractivity contribution in [1.82, 2.24) is 15.0 Å². The molecule has 0 fully saturated rings. The number of carbonyl (C=O) groups is 1. The number of amides is 1. The summed E-state index contributed by atoms with van der Waals surface area (Å²) in [6, 6.07) is 11.6. The molecule has 1 amide bonds. The fourth-order valence-electron chi connectivity index (χ4n) is 2.25. The number of nitrogens with one attached hydrogen (secondary N) is 2. The van der Waals surface area contributed by atoms with Crippen molar-refractivity contribution >= 4 is 17.5 Å². The largest absolute Gasteiger partial charge is 0.350 e. The van der Waals surface area contributed by atoms with Crippen LogP contribution in [0.3, 0.4) is 0 Å². The summed E-state index contributed by atoms with van der Waals surface area (Å²) in [7, 11) is 0. The van der Waals surface area contributed by atoms with Gasteiger partial charge in [0.25, 0.3) is 5.91 Å². The number of aryl methyl sites for hydroxylation is 1. The van der Waals surface area contributed by atoms with E-state index in [0.29, 0.717) is 18.1 Å². The molecule has 2 N–H and O–H groups in total. The Balaban J connectivity index is 1.58. The van der Waals surface area contributed by atoms with Gasteiger partial charge in [0.05, 0.1) is 5.56 Å². The number of nitrogens with zero attached hydrogens (tertiary/aromatic N) is 3. The van der Waals surface area contributed by atoms with E-state index in [9.17, 15) is 4.79 Å². The molecule has 0 unspecified atom stereocenters. The number of aromatic nitrogens is 3. The van der Waals surface area contributed by atoms with Crippen LogP contribution >= 0.6 is 0 Å². The van der Waals surface area contributed by atoms with Crippen molar-refractivity contribution in [2.24, 2.45) is 0 Å². The number of hydrogen-bond acceptors (Lipinski definition) is 5. The molecular weight excluding hydrogens is 314 g/mol. The maximum Gasteiger partial charge on any atom is 0.258 e. The Hall–Kier alpha value is -3.28. The van der Waals surface area contributed by atoms with Crippen LogP contribution in [-0.2, 0) is 13.0 Å². The second-order valence-corrected chi connectivity index (χ2v) is 5.51. The van der Waals surface area contributed by atoms with Gasteiger partial charge in [0.1, 0.15) is 0 Å². The average molecular weight is 333 g/mol. The fourth-order valence-corrected chi connectivity index (χ4v) is 2.25. The third kappa shape index (κ3) is 4.60. The fraction of sp³-hybridized carbons (Fsp3) is 0.158. The van der Waals surface area contributed by atoms with Gasteiger partial charge >= 0.3 is 0 Å². The van der Waals surface area contributed by atoms with Crippen LogP contribution in [0.2, 0.25) is 0 Å². The molecule has 0 atom stereocenters. The predicted octanol–water partition coefficient (Wildman–Crippen LogP) is 3.30. The van der Waals surface area contributed by atoms with Crippen molar-refractivity contribution in [2.45, 2.75) is 19.9 Å². The van der Waals surface area contributed by atoms with E-state index >= 15 is 0 Å². The number of carbonyl (C=O) groups excluding carboxylic acids is 1. The molecule has 3 rings (SSSR count). The Morgan fingerprint density at radius 2 is 1.76 bits per heavy atom. The average Bonchev–Trinajstić information content (AvgIpc) is 2.68. The molecule has 2 heterocycles. The highest BCUT2D eigenvalue weighted by atomic mass is 16.1. The quantitative estimate of drug-likeness (QED) is 0.723. The molecule has 25 heavy (non-hydrogen) atoms. The Labute approximate surface area is 146 Å². The minimum Gasteiger partial charge on any atom is -0.350 e. The summed E-state index contributed by atoms with van der Waals surface area (Å²) in [5, 5.41) is 5.93. The molecular formula is C19H19N5O.